The van der Waals surface area contributed by atoms with Gasteiger partial charge in [-0.3, -0.25) is 9.88 Å². The standard InChI is InChI=1S/C21H31N5/c1-24(2)11-5-12-25-14-19(23-16-25)15-26-13-4-7-18-9-8-17-6-3-10-22-20(17)21(18)26/h3,6,10,14,16,18,21H,4-5,7-9,11-13,15H2,1-2H3/t18-,21-/m0/s1. The molecule has 0 aromatic carbocycles. The maximum atomic E-state index is 4.79. The van der Waals surface area contributed by atoms with Crippen LogP contribution in [0.2, 0.25) is 0 Å². The van der Waals surface area contributed by atoms with Gasteiger partial charge in [-0.1, -0.05) is 6.07 Å². The molecule has 0 amide bonds. The van der Waals surface area contributed by atoms with Gasteiger partial charge in [-0.15, -0.1) is 0 Å². The van der Waals surface area contributed by atoms with E-state index in [0.29, 0.717) is 6.04 Å². The molecule has 3 heterocycles. The summed E-state index contributed by atoms with van der Waals surface area (Å²) in [5.41, 5.74) is 3.97. The molecule has 2 aromatic rings. The topological polar surface area (TPSA) is 37.2 Å². The van der Waals surface area contributed by atoms with Crippen molar-refractivity contribution in [3.63, 3.8) is 0 Å². The fourth-order valence-electron chi connectivity index (χ4n) is 4.68. The summed E-state index contributed by atoms with van der Waals surface area (Å²) in [5.74, 6) is 0.758. The van der Waals surface area contributed by atoms with E-state index in [2.05, 4.69) is 51.8 Å². The summed E-state index contributed by atoms with van der Waals surface area (Å²) < 4.78 is 2.24. The van der Waals surface area contributed by atoms with Crippen molar-refractivity contribution >= 4 is 0 Å². The molecule has 26 heavy (non-hydrogen) atoms. The highest BCUT2D eigenvalue weighted by molar-refractivity contribution is 5.27. The molecule has 2 aromatic heterocycles. The van der Waals surface area contributed by atoms with Crippen molar-refractivity contribution in [3.8, 4) is 0 Å². The van der Waals surface area contributed by atoms with Crippen LogP contribution < -0.4 is 0 Å². The smallest absolute Gasteiger partial charge is 0.0949 e. The van der Waals surface area contributed by atoms with Crippen LogP contribution in [0.15, 0.2) is 30.9 Å². The maximum absolute atomic E-state index is 4.79. The van der Waals surface area contributed by atoms with Gasteiger partial charge in [0.2, 0.25) is 0 Å². The monoisotopic (exact) mass is 353 g/mol. The Bertz CT molecular complexity index is 723. The maximum Gasteiger partial charge on any atom is 0.0949 e. The number of aryl methyl sites for hydroxylation is 2. The van der Waals surface area contributed by atoms with Crippen molar-refractivity contribution in [1.82, 2.24) is 24.3 Å². The lowest BCUT2D eigenvalue weighted by molar-refractivity contribution is 0.0686. The molecule has 0 unspecified atom stereocenters. The lowest BCUT2D eigenvalue weighted by Crippen LogP contribution is -2.41. The second-order valence-corrected chi connectivity index (χ2v) is 8.16. The Morgan fingerprint density at radius 2 is 2.15 bits per heavy atom. The summed E-state index contributed by atoms with van der Waals surface area (Å²) in [4.78, 5) is 14.3. The van der Waals surface area contributed by atoms with Crippen molar-refractivity contribution < 1.29 is 0 Å². The summed E-state index contributed by atoms with van der Waals surface area (Å²) in [6.07, 6.45) is 12.5. The Balaban J connectivity index is 1.45. The third-order valence-corrected chi connectivity index (χ3v) is 5.92. The van der Waals surface area contributed by atoms with Crippen molar-refractivity contribution in [2.75, 3.05) is 27.2 Å². The summed E-state index contributed by atoms with van der Waals surface area (Å²) in [7, 11) is 4.25. The molecular weight excluding hydrogens is 322 g/mol. The summed E-state index contributed by atoms with van der Waals surface area (Å²) in [6, 6.07) is 4.83. The third-order valence-electron chi connectivity index (χ3n) is 5.92. The van der Waals surface area contributed by atoms with Crippen LogP contribution in [0.5, 0.6) is 0 Å². The van der Waals surface area contributed by atoms with Gasteiger partial charge in [-0.2, -0.15) is 0 Å². The van der Waals surface area contributed by atoms with Crippen LogP contribution in [0.25, 0.3) is 0 Å². The molecule has 2 atom stereocenters. The molecule has 1 aliphatic carbocycles. The fourth-order valence-corrected chi connectivity index (χ4v) is 4.68. The van der Waals surface area contributed by atoms with E-state index in [9.17, 15) is 0 Å². The molecule has 1 fully saturated rings. The average Bonchev–Trinajstić information content (AvgIpc) is 3.08. The largest absolute Gasteiger partial charge is 0.337 e. The zero-order valence-electron chi connectivity index (χ0n) is 16.1. The molecule has 0 bridgehead atoms. The molecule has 0 spiro atoms. The van der Waals surface area contributed by atoms with Gasteiger partial charge in [-0.25, -0.2) is 4.98 Å². The Labute approximate surface area is 157 Å². The van der Waals surface area contributed by atoms with Gasteiger partial charge >= 0.3 is 0 Å². The molecule has 5 heteroatoms. The number of likely N-dealkylation sites (tertiary alicyclic amines) is 1. The first kappa shape index (κ1) is 17.7. The first-order valence-electron chi connectivity index (χ1n) is 10.0. The first-order valence-corrected chi connectivity index (χ1v) is 10.0. The highest BCUT2D eigenvalue weighted by Gasteiger charge is 2.37. The Kier molecular flexibility index (Phi) is 5.36. The molecule has 0 saturated carbocycles. The van der Waals surface area contributed by atoms with E-state index in [4.69, 9.17) is 4.98 Å². The van der Waals surface area contributed by atoms with E-state index >= 15 is 0 Å². The SMILES string of the molecule is CN(C)CCCn1cnc(CN2CCC[C@H]3CCc4cccnc4[C@H]32)c1. The minimum absolute atomic E-state index is 0.479. The number of hydrogen-bond acceptors (Lipinski definition) is 4. The molecule has 4 rings (SSSR count). The number of nitrogens with zero attached hydrogens (tertiary/aromatic N) is 5. The summed E-state index contributed by atoms with van der Waals surface area (Å²) >= 11 is 0. The van der Waals surface area contributed by atoms with Crippen molar-refractivity contribution in [3.05, 3.63) is 47.8 Å². The van der Waals surface area contributed by atoms with E-state index in [1.807, 2.05) is 12.5 Å². The van der Waals surface area contributed by atoms with E-state index in [1.54, 1.807) is 0 Å². The summed E-state index contributed by atoms with van der Waals surface area (Å²) in [6.45, 7) is 4.26. The number of hydrogen-bond donors (Lipinski definition) is 0. The molecule has 140 valence electrons. The predicted molar refractivity (Wildman–Crippen MR) is 104 cm³/mol. The summed E-state index contributed by atoms with van der Waals surface area (Å²) in [5, 5.41) is 0. The number of fused-ring (bicyclic) bond motifs is 3. The van der Waals surface area contributed by atoms with Crippen molar-refractivity contribution in [2.45, 2.75) is 51.2 Å². The van der Waals surface area contributed by atoms with Crippen molar-refractivity contribution in [2.24, 2.45) is 5.92 Å². The molecule has 0 N–H and O–H groups in total. The van der Waals surface area contributed by atoms with Crippen LogP contribution in [0.4, 0.5) is 0 Å². The molecule has 1 aliphatic heterocycles. The quantitative estimate of drug-likeness (QED) is 0.800. The highest BCUT2D eigenvalue weighted by atomic mass is 15.2. The van der Waals surface area contributed by atoms with Crippen LogP contribution in [0, 0.1) is 5.92 Å². The van der Waals surface area contributed by atoms with Crippen LogP contribution in [0.1, 0.15) is 48.7 Å². The predicted octanol–water partition coefficient (Wildman–Crippen LogP) is 3.13. The lowest BCUT2D eigenvalue weighted by atomic mass is 9.77. The number of aromatic nitrogens is 3. The van der Waals surface area contributed by atoms with Gasteiger partial charge in [0.05, 0.1) is 23.8 Å². The minimum Gasteiger partial charge on any atom is -0.337 e. The average molecular weight is 354 g/mol. The number of piperidine rings is 1. The van der Waals surface area contributed by atoms with E-state index in [-0.39, 0.29) is 0 Å². The molecule has 0 radical (unpaired) electrons. The fraction of sp³-hybridized carbons (Fsp3) is 0.619. The van der Waals surface area contributed by atoms with E-state index in [1.165, 1.54) is 42.6 Å². The van der Waals surface area contributed by atoms with Gasteiger partial charge in [0.15, 0.2) is 0 Å². The van der Waals surface area contributed by atoms with Gasteiger partial charge < -0.3 is 9.47 Å². The minimum atomic E-state index is 0.479. The zero-order chi connectivity index (χ0) is 17.9. The molecule has 1 saturated heterocycles. The number of imidazole rings is 1. The first-order chi connectivity index (χ1) is 12.7. The zero-order valence-corrected chi connectivity index (χ0v) is 16.1. The Morgan fingerprint density at radius 3 is 3.04 bits per heavy atom. The second-order valence-electron chi connectivity index (χ2n) is 8.16. The Hall–Kier alpha value is -1.72. The van der Waals surface area contributed by atoms with E-state index < -0.39 is 0 Å². The molecule has 5 nitrogen and oxygen atoms in total. The van der Waals surface area contributed by atoms with Gasteiger partial charge in [0, 0.05) is 25.5 Å². The third kappa shape index (κ3) is 3.84. The van der Waals surface area contributed by atoms with E-state index in [0.717, 1.165) is 38.5 Å². The second kappa shape index (κ2) is 7.89. The normalized spacial score (nSPS) is 23.0. The van der Waals surface area contributed by atoms with Gasteiger partial charge in [0.1, 0.15) is 0 Å². The highest BCUT2D eigenvalue weighted by Crippen LogP contribution is 2.43. The molecule has 2 aliphatic rings. The van der Waals surface area contributed by atoms with Crippen LogP contribution in [0.3, 0.4) is 0 Å². The lowest BCUT2D eigenvalue weighted by Gasteiger charge is -2.44. The van der Waals surface area contributed by atoms with Crippen LogP contribution in [-0.4, -0.2) is 51.5 Å². The van der Waals surface area contributed by atoms with Crippen molar-refractivity contribution in [1.29, 1.82) is 0 Å². The van der Waals surface area contributed by atoms with Crippen LogP contribution >= 0.6 is 0 Å². The van der Waals surface area contributed by atoms with Crippen LogP contribution in [-0.2, 0) is 19.5 Å². The van der Waals surface area contributed by atoms with Gasteiger partial charge in [0.25, 0.3) is 0 Å². The number of rotatable bonds is 6. The van der Waals surface area contributed by atoms with Gasteiger partial charge in [-0.05, 0) is 76.8 Å². The Morgan fingerprint density at radius 1 is 1.23 bits per heavy atom. The number of pyridine rings is 1. The molecular formula is C21H31N5.